The standard InChI is InChI=1S/C13H19N3O3/c1-7(2)10(13(18)19)14-12(17)11-8-5-3-4-6-9(8)15-16-11/h7,10H,3-6H2,1-2H3,(H,14,17)(H,15,16)(H,18,19). The summed E-state index contributed by atoms with van der Waals surface area (Å²) < 4.78 is 0. The average Bonchev–Trinajstić information content (AvgIpc) is 2.78. The third kappa shape index (κ3) is 2.77. The van der Waals surface area contributed by atoms with E-state index in [4.69, 9.17) is 5.11 Å². The Hall–Kier alpha value is -1.85. The summed E-state index contributed by atoms with van der Waals surface area (Å²) in [5.41, 5.74) is 2.30. The Morgan fingerprint density at radius 3 is 2.63 bits per heavy atom. The van der Waals surface area contributed by atoms with Gasteiger partial charge in [-0.2, -0.15) is 5.10 Å². The van der Waals surface area contributed by atoms with Crippen LogP contribution in [-0.2, 0) is 17.6 Å². The Balaban J connectivity index is 2.16. The normalized spacial score (nSPS) is 15.9. The van der Waals surface area contributed by atoms with Crippen LogP contribution in [-0.4, -0.2) is 33.2 Å². The fourth-order valence-electron chi connectivity index (χ4n) is 2.39. The zero-order valence-corrected chi connectivity index (χ0v) is 11.2. The molecule has 1 aliphatic carbocycles. The molecule has 19 heavy (non-hydrogen) atoms. The third-order valence-corrected chi connectivity index (χ3v) is 3.49. The van der Waals surface area contributed by atoms with Crippen LogP contribution in [0.4, 0.5) is 0 Å². The molecule has 3 N–H and O–H groups in total. The van der Waals surface area contributed by atoms with Crippen LogP contribution in [0.25, 0.3) is 0 Å². The van der Waals surface area contributed by atoms with Crippen molar-refractivity contribution in [1.29, 1.82) is 0 Å². The van der Waals surface area contributed by atoms with Crippen molar-refractivity contribution in [2.24, 2.45) is 5.92 Å². The fraction of sp³-hybridized carbons (Fsp3) is 0.615. The first kappa shape index (κ1) is 13.6. The first-order valence-corrected chi connectivity index (χ1v) is 6.60. The van der Waals surface area contributed by atoms with E-state index in [1.165, 1.54) is 0 Å². The van der Waals surface area contributed by atoms with Crippen LogP contribution >= 0.6 is 0 Å². The first-order valence-electron chi connectivity index (χ1n) is 6.60. The molecule has 0 bridgehead atoms. The number of hydrogen-bond donors (Lipinski definition) is 3. The first-order chi connectivity index (χ1) is 9.00. The van der Waals surface area contributed by atoms with E-state index < -0.39 is 17.9 Å². The average molecular weight is 265 g/mol. The number of carboxylic acid groups (broad SMARTS) is 1. The molecular weight excluding hydrogens is 246 g/mol. The van der Waals surface area contributed by atoms with E-state index in [0.717, 1.165) is 36.9 Å². The minimum absolute atomic E-state index is 0.170. The fourth-order valence-corrected chi connectivity index (χ4v) is 2.39. The van der Waals surface area contributed by atoms with Gasteiger partial charge in [0, 0.05) is 11.3 Å². The lowest BCUT2D eigenvalue weighted by atomic mass is 9.95. The Labute approximate surface area is 111 Å². The Morgan fingerprint density at radius 2 is 2.00 bits per heavy atom. The monoisotopic (exact) mass is 265 g/mol. The van der Waals surface area contributed by atoms with Crippen molar-refractivity contribution >= 4 is 11.9 Å². The van der Waals surface area contributed by atoms with E-state index in [2.05, 4.69) is 15.5 Å². The van der Waals surface area contributed by atoms with Crippen molar-refractivity contribution in [3.8, 4) is 0 Å². The van der Waals surface area contributed by atoms with Crippen molar-refractivity contribution in [1.82, 2.24) is 15.5 Å². The van der Waals surface area contributed by atoms with Crippen LogP contribution in [0.3, 0.4) is 0 Å². The number of aromatic amines is 1. The van der Waals surface area contributed by atoms with Crippen molar-refractivity contribution in [3.05, 3.63) is 17.0 Å². The molecule has 1 heterocycles. The maximum atomic E-state index is 12.1. The number of nitrogens with one attached hydrogen (secondary N) is 2. The van der Waals surface area contributed by atoms with E-state index in [-0.39, 0.29) is 5.92 Å². The summed E-state index contributed by atoms with van der Waals surface area (Å²) in [6.45, 7) is 3.53. The molecule has 0 fully saturated rings. The molecule has 2 rings (SSSR count). The van der Waals surface area contributed by atoms with Gasteiger partial charge in [0.2, 0.25) is 0 Å². The lowest BCUT2D eigenvalue weighted by Gasteiger charge is -2.18. The number of carbonyl (C=O) groups excluding carboxylic acids is 1. The summed E-state index contributed by atoms with van der Waals surface area (Å²) in [5, 5.41) is 18.6. The number of nitrogens with zero attached hydrogens (tertiary/aromatic N) is 1. The van der Waals surface area contributed by atoms with Crippen LogP contribution < -0.4 is 5.32 Å². The second-order valence-electron chi connectivity index (χ2n) is 5.27. The molecule has 6 nitrogen and oxygen atoms in total. The van der Waals surface area contributed by atoms with Gasteiger partial charge >= 0.3 is 5.97 Å². The van der Waals surface area contributed by atoms with Crippen molar-refractivity contribution < 1.29 is 14.7 Å². The van der Waals surface area contributed by atoms with Gasteiger partial charge in [-0.25, -0.2) is 4.79 Å². The Kier molecular flexibility index (Phi) is 3.87. The molecule has 0 aliphatic heterocycles. The van der Waals surface area contributed by atoms with Crippen LogP contribution in [0.5, 0.6) is 0 Å². The zero-order valence-electron chi connectivity index (χ0n) is 11.2. The van der Waals surface area contributed by atoms with Crippen LogP contribution in [0.1, 0.15) is 48.4 Å². The van der Waals surface area contributed by atoms with Crippen LogP contribution in [0, 0.1) is 5.92 Å². The number of rotatable bonds is 4. The minimum Gasteiger partial charge on any atom is -0.480 e. The molecule has 0 saturated heterocycles. The summed E-state index contributed by atoms with van der Waals surface area (Å²) in [7, 11) is 0. The molecule has 0 saturated carbocycles. The van der Waals surface area contributed by atoms with Crippen molar-refractivity contribution in [2.75, 3.05) is 0 Å². The van der Waals surface area contributed by atoms with Gasteiger partial charge in [0.1, 0.15) is 6.04 Å². The van der Waals surface area contributed by atoms with Gasteiger partial charge in [0.25, 0.3) is 5.91 Å². The molecule has 0 spiro atoms. The SMILES string of the molecule is CC(C)C(NC(=O)c1n[nH]c2c1CCCC2)C(=O)O. The highest BCUT2D eigenvalue weighted by molar-refractivity contribution is 5.96. The largest absolute Gasteiger partial charge is 0.480 e. The number of carbonyl (C=O) groups is 2. The van der Waals surface area contributed by atoms with Crippen molar-refractivity contribution in [2.45, 2.75) is 45.6 Å². The maximum absolute atomic E-state index is 12.1. The Bertz CT molecular complexity index is 493. The summed E-state index contributed by atoms with van der Waals surface area (Å²) in [4.78, 5) is 23.2. The number of aromatic nitrogens is 2. The van der Waals surface area contributed by atoms with Crippen LogP contribution in [0.15, 0.2) is 0 Å². The third-order valence-electron chi connectivity index (χ3n) is 3.49. The highest BCUT2D eigenvalue weighted by atomic mass is 16.4. The van der Waals surface area contributed by atoms with Gasteiger partial charge in [0.15, 0.2) is 5.69 Å². The summed E-state index contributed by atoms with van der Waals surface area (Å²) >= 11 is 0. The molecule has 1 aromatic heterocycles. The molecule has 104 valence electrons. The topological polar surface area (TPSA) is 95.1 Å². The summed E-state index contributed by atoms with van der Waals surface area (Å²) in [6.07, 6.45) is 3.87. The molecule has 1 unspecified atom stereocenters. The zero-order chi connectivity index (χ0) is 14.0. The van der Waals surface area contributed by atoms with Gasteiger partial charge in [-0.05, 0) is 31.6 Å². The molecule has 1 amide bonds. The number of amides is 1. The number of fused-ring (bicyclic) bond motifs is 1. The van der Waals surface area contributed by atoms with Gasteiger partial charge in [-0.1, -0.05) is 13.8 Å². The molecular formula is C13H19N3O3. The van der Waals surface area contributed by atoms with E-state index >= 15 is 0 Å². The van der Waals surface area contributed by atoms with E-state index in [1.54, 1.807) is 13.8 Å². The summed E-state index contributed by atoms with van der Waals surface area (Å²) in [5.74, 6) is -1.59. The summed E-state index contributed by atoms with van der Waals surface area (Å²) in [6, 6.07) is -0.886. The molecule has 1 aliphatic rings. The molecule has 0 radical (unpaired) electrons. The second-order valence-corrected chi connectivity index (χ2v) is 5.27. The molecule has 0 aromatic carbocycles. The molecule has 1 atom stereocenters. The van der Waals surface area contributed by atoms with E-state index in [0.29, 0.717) is 5.69 Å². The van der Waals surface area contributed by atoms with E-state index in [1.807, 2.05) is 0 Å². The van der Waals surface area contributed by atoms with Gasteiger partial charge < -0.3 is 10.4 Å². The smallest absolute Gasteiger partial charge is 0.326 e. The number of aliphatic carboxylic acids is 1. The van der Waals surface area contributed by atoms with E-state index in [9.17, 15) is 9.59 Å². The van der Waals surface area contributed by atoms with Crippen LogP contribution in [0.2, 0.25) is 0 Å². The molecule has 6 heteroatoms. The van der Waals surface area contributed by atoms with Gasteiger partial charge in [-0.15, -0.1) is 0 Å². The number of carboxylic acids is 1. The predicted molar refractivity (Wildman–Crippen MR) is 69.0 cm³/mol. The molecule has 1 aromatic rings. The predicted octanol–water partition coefficient (Wildman–Crippen LogP) is 1.13. The number of H-pyrrole nitrogens is 1. The second kappa shape index (κ2) is 5.42. The lowest BCUT2D eigenvalue weighted by molar-refractivity contribution is -0.140. The van der Waals surface area contributed by atoms with Crippen molar-refractivity contribution in [3.63, 3.8) is 0 Å². The quantitative estimate of drug-likeness (QED) is 0.760. The lowest BCUT2D eigenvalue weighted by Crippen LogP contribution is -2.44. The highest BCUT2D eigenvalue weighted by Gasteiger charge is 2.27. The minimum atomic E-state index is -1.02. The van der Waals surface area contributed by atoms with Gasteiger partial charge in [-0.3, -0.25) is 9.89 Å². The number of hydrogen-bond acceptors (Lipinski definition) is 3. The highest BCUT2D eigenvalue weighted by Crippen LogP contribution is 2.22. The van der Waals surface area contributed by atoms with Gasteiger partial charge in [0.05, 0.1) is 0 Å². The maximum Gasteiger partial charge on any atom is 0.326 e. The Morgan fingerprint density at radius 1 is 1.32 bits per heavy atom. The number of aryl methyl sites for hydroxylation is 1.